The van der Waals surface area contributed by atoms with E-state index in [-0.39, 0.29) is 12.6 Å². The van der Waals surface area contributed by atoms with Crippen LogP contribution in [-0.2, 0) is 11.3 Å². The number of benzene rings is 1. The van der Waals surface area contributed by atoms with Crippen molar-refractivity contribution in [3.63, 3.8) is 0 Å². The van der Waals surface area contributed by atoms with Gasteiger partial charge < -0.3 is 15.2 Å². The molecule has 1 atom stereocenters. The molecule has 3 heteroatoms. The van der Waals surface area contributed by atoms with Gasteiger partial charge in [-0.2, -0.15) is 0 Å². The molecule has 0 aromatic heterocycles. The van der Waals surface area contributed by atoms with E-state index in [1.807, 2.05) is 30.3 Å². The first-order chi connectivity index (χ1) is 6.86. The molecule has 0 aliphatic rings. The summed E-state index contributed by atoms with van der Waals surface area (Å²) in [5.74, 6) is 0. The third kappa shape index (κ3) is 3.87. The highest BCUT2D eigenvalue weighted by Crippen LogP contribution is 1.98. The molecule has 0 bridgehead atoms. The fraction of sp³-hybridized carbons (Fsp3) is 0.455. The summed E-state index contributed by atoms with van der Waals surface area (Å²) >= 11 is 0. The molecule has 3 nitrogen and oxygen atoms in total. The van der Waals surface area contributed by atoms with Crippen LogP contribution in [0.5, 0.6) is 0 Å². The Morgan fingerprint density at radius 1 is 1.36 bits per heavy atom. The fourth-order valence-corrected chi connectivity index (χ4v) is 1.24. The minimum atomic E-state index is 0.0141. The van der Waals surface area contributed by atoms with E-state index < -0.39 is 0 Å². The molecule has 78 valence electrons. The van der Waals surface area contributed by atoms with Crippen molar-refractivity contribution < 1.29 is 9.84 Å². The monoisotopic (exact) mass is 195 g/mol. The third-order valence-electron chi connectivity index (χ3n) is 2.03. The molecule has 1 rings (SSSR count). The zero-order valence-electron chi connectivity index (χ0n) is 8.44. The van der Waals surface area contributed by atoms with E-state index >= 15 is 0 Å². The van der Waals surface area contributed by atoms with Crippen molar-refractivity contribution in [2.24, 2.45) is 0 Å². The van der Waals surface area contributed by atoms with E-state index in [0.717, 1.165) is 6.54 Å². The molecule has 0 saturated heterocycles. The molecule has 0 aliphatic heterocycles. The summed E-state index contributed by atoms with van der Waals surface area (Å²) in [7, 11) is 1.63. The van der Waals surface area contributed by atoms with E-state index in [9.17, 15) is 0 Å². The quantitative estimate of drug-likeness (QED) is 0.705. The maximum absolute atomic E-state index is 8.99. The van der Waals surface area contributed by atoms with E-state index in [0.29, 0.717) is 6.61 Å². The second kappa shape index (κ2) is 6.54. The lowest BCUT2D eigenvalue weighted by Crippen LogP contribution is -2.35. The maximum atomic E-state index is 8.99. The van der Waals surface area contributed by atoms with Crippen LogP contribution in [0.4, 0.5) is 0 Å². The lowest BCUT2D eigenvalue weighted by molar-refractivity contribution is 0.128. The average Bonchev–Trinajstić information content (AvgIpc) is 2.25. The Balaban J connectivity index is 2.32. The number of ether oxygens (including phenoxy) is 1. The molecule has 0 aliphatic carbocycles. The number of methoxy groups -OCH3 is 1. The lowest BCUT2D eigenvalue weighted by atomic mass is 10.2. The van der Waals surface area contributed by atoms with Crippen LogP contribution in [0.25, 0.3) is 0 Å². The standard InChI is InChI=1S/C11H17NO2/c1-14-9-11(8-13)12-7-10-5-3-2-4-6-10/h2-6,11-13H,7-9H2,1H3/t11-/m0/s1. The van der Waals surface area contributed by atoms with Crippen molar-refractivity contribution >= 4 is 0 Å². The van der Waals surface area contributed by atoms with Crippen LogP contribution < -0.4 is 5.32 Å². The van der Waals surface area contributed by atoms with Gasteiger partial charge in [0.05, 0.1) is 19.3 Å². The first-order valence-corrected chi connectivity index (χ1v) is 4.74. The Bertz CT molecular complexity index is 238. The topological polar surface area (TPSA) is 41.5 Å². The molecular formula is C11H17NO2. The number of nitrogens with one attached hydrogen (secondary N) is 1. The van der Waals surface area contributed by atoms with Crippen molar-refractivity contribution in [1.82, 2.24) is 5.32 Å². The molecule has 14 heavy (non-hydrogen) atoms. The van der Waals surface area contributed by atoms with Gasteiger partial charge in [-0.25, -0.2) is 0 Å². The van der Waals surface area contributed by atoms with Gasteiger partial charge in [0.1, 0.15) is 0 Å². The van der Waals surface area contributed by atoms with Crippen molar-refractivity contribution in [2.75, 3.05) is 20.3 Å². The number of hydrogen-bond acceptors (Lipinski definition) is 3. The Labute approximate surface area is 84.7 Å². The SMILES string of the molecule is COC[C@H](CO)NCc1ccccc1. The summed E-state index contributed by atoms with van der Waals surface area (Å²) in [5.41, 5.74) is 1.21. The highest BCUT2D eigenvalue weighted by atomic mass is 16.5. The summed E-state index contributed by atoms with van der Waals surface area (Å²) in [4.78, 5) is 0. The zero-order valence-corrected chi connectivity index (χ0v) is 8.44. The third-order valence-corrected chi connectivity index (χ3v) is 2.03. The zero-order chi connectivity index (χ0) is 10.2. The van der Waals surface area contributed by atoms with Gasteiger partial charge >= 0.3 is 0 Å². The molecule has 2 N–H and O–H groups in total. The van der Waals surface area contributed by atoms with Gasteiger partial charge in [-0.3, -0.25) is 0 Å². The molecule has 1 aromatic carbocycles. The van der Waals surface area contributed by atoms with Gasteiger partial charge in [-0.1, -0.05) is 30.3 Å². The van der Waals surface area contributed by atoms with Gasteiger partial charge in [-0.15, -0.1) is 0 Å². The van der Waals surface area contributed by atoms with Crippen molar-refractivity contribution in [2.45, 2.75) is 12.6 Å². The van der Waals surface area contributed by atoms with Crippen molar-refractivity contribution in [3.8, 4) is 0 Å². The predicted octanol–water partition coefficient (Wildman–Crippen LogP) is 0.783. The molecule has 0 unspecified atom stereocenters. The van der Waals surface area contributed by atoms with E-state index in [4.69, 9.17) is 9.84 Å². The predicted molar refractivity (Wildman–Crippen MR) is 56.0 cm³/mol. The average molecular weight is 195 g/mol. The Morgan fingerprint density at radius 3 is 2.64 bits per heavy atom. The van der Waals surface area contributed by atoms with Gasteiger partial charge in [0.2, 0.25) is 0 Å². The Morgan fingerprint density at radius 2 is 2.07 bits per heavy atom. The van der Waals surface area contributed by atoms with Gasteiger partial charge in [0, 0.05) is 13.7 Å². The maximum Gasteiger partial charge on any atom is 0.0638 e. The summed E-state index contributed by atoms with van der Waals surface area (Å²) in [6.07, 6.45) is 0. The van der Waals surface area contributed by atoms with E-state index in [1.54, 1.807) is 7.11 Å². The number of aliphatic hydroxyl groups excluding tert-OH is 1. The van der Waals surface area contributed by atoms with Gasteiger partial charge in [0.15, 0.2) is 0 Å². The molecular weight excluding hydrogens is 178 g/mol. The van der Waals surface area contributed by atoms with E-state index in [2.05, 4.69) is 5.32 Å². The highest BCUT2D eigenvalue weighted by Gasteiger charge is 2.04. The first kappa shape index (κ1) is 11.2. The Hall–Kier alpha value is -0.900. The summed E-state index contributed by atoms with van der Waals surface area (Å²) in [6, 6.07) is 10.1. The van der Waals surface area contributed by atoms with Gasteiger partial charge in [-0.05, 0) is 5.56 Å². The number of aliphatic hydroxyl groups is 1. The van der Waals surface area contributed by atoms with Crippen LogP contribution in [0.15, 0.2) is 30.3 Å². The van der Waals surface area contributed by atoms with Crippen LogP contribution in [0.3, 0.4) is 0 Å². The first-order valence-electron chi connectivity index (χ1n) is 4.74. The number of hydrogen-bond donors (Lipinski definition) is 2. The second-order valence-electron chi connectivity index (χ2n) is 3.20. The highest BCUT2D eigenvalue weighted by molar-refractivity contribution is 5.14. The number of rotatable bonds is 6. The fourth-order valence-electron chi connectivity index (χ4n) is 1.24. The molecule has 0 spiro atoms. The van der Waals surface area contributed by atoms with Crippen LogP contribution in [0.2, 0.25) is 0 Å². The molecule has 0 fully saturated rings. The minimum Gasteiger partial charge on any atom is -0.395 e. The normalized spacial score (nSPS) is 12.7. The van der Waals surface area contributed by atoms with Crippen molar-refractivity contribution in [1.29, 1.82) is 0 Å². The summed E-state index contributed by atoms with van der Waals surface area (Å²) < 4.78 is 4.96. The molecule has 0 saturated carbocycles. The molecule has 0 heterocycles. The minimum absolute atomic E-state index is 0.0141. The van der Waals surface area contributed by atoms with Gasteiger partial charge in [0.25, 0.3) is 0 Å². The van der Waals surface area contributed by atoms with Crippen LogP contribution in [0, 0.1) is 0 Å². The largest absolute Gasteiger partial charge is 0.395 e. The second-order valence-corrected chi connectivity index (χ2v) is 3.20. The van der Waals surface area contributed by atoms with Crippen LogP contribution in [0.1, 0.15) is 5.56 Å². The molecule has 0 radical (unpaired) electrons. The Kier molecular flexibility index (Phi) is 5.22. The lowest BCUT2D eigenvalue weighted by Gasteiger charge is -2.14. The van der Waals surface area contributed by atoms with Crippen LogP contribution >= 0.6 is 0 Å². The van der Waals surface area contributed by atoms with Crippen molar-refractivity contribution in [3.05, 3.63) is 35.9 Å². The van der Waals surface area contributed by atoms with Crippen LogP contribution in [-0.4, -0.2) is 31.5 Å². The molecule has 1 aromatic rings. The van der Waals surface area contributed by atoms with E-state index in [1.165, 1.54) is 5.56 Å². The smallest absolute Gasteiger partial charge is 0.0638 e. The summed E-state index contributed by atoms with van der Waals surface area (Å²) in [5, 5.41) is 12.2. The molecule has 0 amide bonds. The summed E-state index contributed by atoms with van der Waals surface area (Å²) in [6.45, 7) is 1.39.